The van der Waals surface area contributed by atoms with Crippen molar-refractivity contribution in [3.63, 3.8) is 0 Å². The topological polar surface area (TPSA) is 118 Å². The van der Waals surface area contributed by atoms with Crippen LogP contribution in [0.4, 0.5) is 5.69 Å². The van der Waals surface area contributed by atoms with Crippen molar-refractivity contribution >= 4 is 28.6 Å². The van der Waals surface area contributed by atoms with Gasteiger partial charge in [-0.25, -0.2) is 9.67 Å². The summed E-state index contributed by atoms with van der Waals surface area (Å²) >= 11 is 0. The lowest BCUT2D eigenvalue weighted by molar-refractivity contribution is -0.149. The minimum Gasteiger partial charge on any atom is -0.480 e. The Labute approximate surface area is 175 Å². The molecule has 1 aliphatic carbocycles. The minimum absolute atomic E-state index is 0.239. The van der Waals surface area contributed by atoms with Crippen LogP contribution in [0.3, 0.4) is 0 Å². The first-order valence-electron chi connectivity index (χ1n) is 10.7. The lowest BCUT2D eigenvalue weighted by Crippen LogP contribution is -2.37. The number of ether oxygens (including phenoxy) is 1. The molecule has 0 unspecified atom stereocenters. The van der Waals surface area contributed by atoms with E-state index >= 15 is 0 Å². The van der Waals surface area contributed by atoms with E-state index in [4.69, 9.17) is 9.72 Å². The smallest absolute Gasteiger partial charge is 0.319 e. The van der Waals surface area contributed by atoms with E-state index in [1.54, 1.807) is 0 Å². The number of nitrogens with zero attached hydrogens (tertiary/aromatic N) is 3. The largest absolute Gasteiger partial charge is 0.480 e. The van der Waals surface area contributed by atoms with Crippen molar-refractivity contribution in [2.45, 2.75) is 65.1 Å². The monoisotopic (exact) mass is 415 g/mol. The Hall–Kier alpha value is -2.68. The second-order valence-electron chi connectivity index (χ2n) is 8.06. The van der Waals surface area contributed by atoms with E-state index < -0.39 is 17.3 Å². The highest BCUT2D eigenvalue weighted by Gasteiger charge is 2.57. The molecule has 2 aliphatic rings. The number of nitrogens with one attached hydrogen (secondary N) is 2. The van der Waals surface area contributed by atoms with E-state index in [-0.39, 0.29) is 12.6 Å². The molecule has 0 spiro atoms. The number of carboxylic acids is 1. The average molecular weight is 415 g/mol. The number of pyridine rings is 1. The molecule has 0 radical (unpaired) electrons. The first-order chi connectivity index (χ1) is 14.5. The van der Waals surface area contributed by atoms with Crippen LogP contribution in [0.2, 0.25) is 0 Å². The highest BCUT2D eigenvalue weighted by molar-refractivity contribution is 6.05. The number of fused-ring (bicyclic) bond motifs is 1. The molecule has 162 valence electrons. The van der Waals surface area contributed by atoms with Crippen LogP contribution in [0.5, 0.6) is 0 Å². The predicted octanol–water partition coefficient (Wildman–Crippen LogP) is 2.09. The number of aromatic nitrogens is 3. The Morgan fingerprint density at radius 2 is 2.03 bits per heavy atom. The summed E-state index contributed by atoms with van der Waals surface area (Å²) in [5.74, 6) is -1.47. The number of hydrogen-bond acceptors (Lipinski definition) is 6. The van der Waals surface area contributed by atoms with Crippen molar-refractivity contribution in [2.24, 2.45) is 5.41 Å². The Bertz CT molecular complexity index is 960. The molecule has 1 saturated heterocycles. The van der Waals surface area contributed by atoms with Crippen LogP contribution in [0, 0.1) is 5.41 Å². The van der Waals surface area contributed by atoms with Crippen molar-refractivity contribution < 1.29 is 19.4 Å². The van der Waals surface area contributed by atoms with Gasteiger partial charge in [-0.1, -0.05) is 6.92 Å². The molecule has 9 heteroatoms. The van der Waals surface area contributed by atoms with E-state index in [0.29, 0.717) is 39.0 Å². The molecule has 2 aromatic heterocycles. The summed E-state index contributed by atoms with van der Waals surface area (Å²) < 4.78 is 7.36. The second-order valence-corrected chi connectivity index (χ2v) is 8.06. The molecule has 1 saturated carbocycles. The van der Waals surface area contributed by atoms with E-state index in [1.807, 2.05) is 24.7 Å². The number of rotatable bonds is 8. The first-order valence-corrected chi connectivity index (χ1v) is 10.7. The summed E-state index contributed by atoms with van der Waals surface area (Å²) in [6, 6.07) is 0.266. The number of carboxylic acid groups (broad SMARTS) is 1. The molecule has 0 atom stereocenters. The van der Waals surface area contributed by atoms with Crippen LogP contribution in [0.25, 0.3) is 11.0 Å². The Morgan fingerprint density at radius 3 is 2.63 bits per heavy atom. The molecular formula is C21H29N5O4. The van der Waals surface area contributed by atoms with E-state index in [2.05, 4.69) is 15.7 Å². The quantitative estimate of drug-likeness (QED) is 0.565. The maximum Gasteiger partial charge on any atom is 0.319 e. The molecule has 0 aromatic carbocycles. The maximum atomic E-state index is 12.6. The third kappa shape index (κ3) is 3.62. The zero-order valence-electron chi connectivity index (χ0n) is 17.5. The molecule has 1 amide bonds. The van der Waals surface area contributed by atoms with Gasteiger partial charge in [0.1, 0.15) is 5.41 Å². The molecular weight excluding hydrogens is 386 g/mol. The molecule has 30 heavy (non-hydrogen) atoms. The van der Waals surface area contributed by atoms with Gasteiger partial charge in [-0.15, -0.1) is 0 Å². The fourth-order valence-corrected chi connectivity index (χ4v) is 4.10. The fraction of sp³-hybridized carbons (Fsp3) is 0.619. The highest BCUT2D eigenvalue weighted by Crippen LogP contribution is 2.46. The average Bonchev–Trinajstić information content (AvgIpc) is 3.48. The second kappa shape index (κ2) is 8.22. The third-order valence-corrected chi connectivity index (χ3v) is 6.20. The summed E-state index contributed by atoms with van der Waals surface area (Å²) in [7, 11) is 0. The Kier molecular flexibility index (Phi) is 5.64. The molecule has 2 fully saturated rings. The van der Waals surface area contributed by atoms with Crippen molar-refractivity contribution in [2.75, 3.05) is 18.5 Å². The SMILES string of the molecule is CCc1nc2c(cnn2CC)c(NC2CCOCC2)c1CNC(=O)C1(C(=O)O)CC1. The molecule has 1 aliphatic heterocycles. The van der Waals surface area contributed by atoms with Crippen molar-refractivity contribution in [3.8, 4) is 0 Å². The van der Waals surface area contributed by atoms with Crippen molar-refractivity contribution in [1.82, 2.24) is 20.1 Å². The molecule has 9 nitrogen and oxygen atoms in total. The molecule has 3 heterocycles. The Morgan fingerprint density at radius 1 is 1.30 bits per heavy atom. The minimum atomic E-state index is -1.26. The maximum absolute atomic E-state index is 12.6. The Balaban J connectivity index is 1.69. The normalized spacial score (nSPS) is 18.3. The van der Waals surface area contributed by atoms with Crippen molar-refractivity contribution in [3.05, 3.63) is 17.5 Å². The van der Waals surface area contributed by atoms with Gasteiger partial charge in [0, 0.05) is 43.6 Å². The van der Waals surface area contributed by atoms with E-state index in [9.17, 15) is 14.7 Å². The van der Waals surface area contributed by atoms with Crippen LogP contribution >= 0.6 is 0 Å². The van der Waals surface area contributed by atoms with Gasteiger partial charge >= 0.3 is 5.97 Å². The number of aliphatic carboxylic acids is 1. The first kappa shape index (κ1) is 20.6. The number of aryl methyl sites for hydroxylation is 2. The van der Waals surface area contributed by atoms with Crippen LogP contribution in [0.1, 0.15) is 50.8 Å². The summed E-state index contributed by atoms with van der Waals surface area (Å²) in [5, 5.41) is 21.3. The number of amides is 1. The van der Waals surface area contributed by atoms with Gasteiger partial charge in [0.2, 0.25) is 5.91 Å². The van der Waals surface area contributed by atoms with Gasteiger partial charge in [-0.05, 0) is 39.0 Å². The standard InChI is InChI=1S/C21H29N5O4/c1-3-16-14(11-22-19(27)21(7-8-21)20(28)29)17(24-13-5-9-30-10-6-13)15-12-23-26(4-2)18(15)25-16/h12-13H,3-11H2,1-2H3,(H,22,27)(H,24,25)(H,28,29). The van der Waals surface area contributed by atoms with E-state index in [1.165, 1.54) is 0 Å². The van der Waals surface area contributed by atoms with Gasteiger partial charge in [0.25, 0.3) is 0 Å². The summed E-state index contributed by atoms with van der Waals surface area (Å²) in [5.41, 5.74) is 2.28. The predicted molar refractivity (Wildman–Crippen MR) is 111 cm³/mol. The molecule has 0 bridgehead atoms. The number of carbonyl (C=O) groups is 2. The van der Waals surface area contributed by atoms with Gasteiger partial charge in [-0.2, -0.15) is 5.10 Å². The van der Waals surface area contributed by atoms with Gasteiger partial charge in [0.05, 0.1) is 17.3 Å². The zero-order valence-corrected chi connectivity index (χ0v) is 17.5. The number of anilines is 1. The van der Waals surface area contributed by atoms with Crippen LogP contribution in [-0.4, -0.2) is 51.0 Å². The van der Waals surface area contributed by atoms with Crippen LogP contribution < -0.4 is 10.6 Å². The lowest BCUT2D eigenvalue weighted by atomic mass is 10.0. The lowest BCUT2D eigenvalue weighted by Gasteiger charge is -2.27. The summed E-state index contributed by atoms with van der Waals surface area (Å²) in [6.45, 7) is 6.45. The van der Waals surface area contributed by atoms with Gasteiger partial charge < -0.3 is 20.5 Å². The molecule has 3 N–H and O–H groups in total. The van der Waals surface area contributed by atoms with Crippen LogP contribution in [0.15, 0.2) is 6.20 Å². The van der Waals surface area contributed by atoms with Crippen LogP contribution in [-0.2, 0) is 33.8 Å². The fourth-order valence-electron chi connectivity index (χ4n) is 4.10. The zero-order chi connectivity index (χ0) is 21.3. The van der Waals surface area contributed by atoms with E-state index in [0.717, 1.165) is 40.8 Å². The summed E-state index contributed by atoms with van der Waals surface area (Å²) in [4.78, 5) is 28.9. The number of carbonyl (C=O) groups excluding carboxylic acids is 1. The number of hydrogen-bond donors (Lipinski definition) is 3. The molecule has 4 rings (SSSR count). The van der Waals surface area contributed by atoms with Gasteiger partial charge in [-0.3, -0.25) is 9.59 Å². The highest BCUT2D eigenvalue weighted by atomic mass is 16.5. The van der Waals surface area contributed by atoms with Gasteiger partial charge in [0.15, 0.2) is 5.65 Å². The summed E-state index contributed by atoms with van der Waals surface area (Å²) in [6.07, 6.45) is 5.10. The van der Waals surface area contributed by atoms with Crippen molar-refractivity contribution in [1.29, 1.82) is 0 Å². The molecule has 2 aromatic rings. The third-order valence-electron chi connectivity index (χ3n) is 6.20.